The number of carbonyl (C=O) groups is 1. The van der Waals surface area contributed by atoms with Crippen molar-refractivity contribution in [3.05, 3.63) is 40.5 Å². The van der Waals surface area contributed by atoms with Crippen molar-refractivity contribution in [2.45, 2.75) is 32.5 Å². The highest BCUT2D eigenvalue weighted by Gasteiger charge is 2.28. The zero-order chi connectivity index (χ0) is 20.9. The summed E-state index contributed by atoms with van der Waals surface area (Å²) in [4.78, 5) is 16.6. The molecule has 1 aliphatic rings. The van der Waals surface area contributed by atoms with Gasteiger partial charge >= 0.3 is 0 Å². The number of ether oxygens (including phenoxy) is 1. The maximum atomic E-state index is 14.0. The molecule has 0 radical (unpaired) electrons. The highest BCUT2D eigenvalue weighted by molar-refractivity contribution is 9.10. The minimum absolute atomic E-state index is 0.0936. The summed E-state index contributed by atoms with van der Waals surface area (Å²) in [6.45, 7) is 4.28. The van der Waals surface area contributed by atoms with E-state index in [4.69, 9.17) is 10.5 Å². The van der Waals surface area contributed by atoms with E-state index in [1.165, 1.54) is 6.07 Å². The Kier molecular flexibility index (Phi) is 4.70. The van der Waals surface area contributed by atoms with Gasteiger partial charge in [-0.3, -0.25) is 9.48 Å². The summed E-state index contributed by atoms with van der Waals surface area (Å²) in [6.07, 6.45) is 3.32. The topological polar surface area (TPSA) is 108 Å². The highest BCUT2D eigenvalue weighted by Crippen LogP contribution is 2.39. The molecule has 10 heteroatoms. The van der Waals surface area contributed by atoms with Crippen LogP contribution in [0.15, 0.2) is 29.0 Å². The van der Waals surface area contributed by atoms with Crippen LogP contribution >= 0.6 is 15.9 Å². The summed E-state index contributed by atoms with van der Waals surface area (Å²) >= 11 is 3.19. The zero-order valence-electron chi connectivity index (χ0n) is 15.8. The molecular formula is C19H19BrFN5O3. The quantitative estimate of drug-likeness (QED) is 0.617. The van der Waals surface area contributed by atoms with Crippen molar-refractivity contribution in [3.63, 3.8) is 0 Å². The second kappa shape index (κ2) is 6.96. The number of fused-ring (bicyclic) bond motifs is 3. The molecule has 8 nitrogen and oxygen atoms in total. The molecule has 0 saturated heterocycles. The largest absolute Gasteiger partial charge is 0.491 e. The SMILES string of the molecule is CC(C)(O)Cn1cc(-c2c(C(N)=O)nc3n2CCOc2cc(F)c(Br)cc2-3)cn1. The van der Waals surface area contributed by atoms with Gasteiger partial charge in [0.05, 0.1) is 40.6 Å². The summed E-state index contributed by atoms with van der Waals surface area (Å²) in [5, 5.41) is 14.3. The van der Waals surface area contributed by atoms with Gasteiger partial charge < -0.3 is 20.1 Å². The van der Waals surface area contributed by atoms with Crippen molar-refractivity contribution in [1.29, 1.82) is 0 Å². The van der Waals surface area contributed by atoms with Gasteiger partial charge in [0.25, 0.3) is 5.91 Å². The third kappa shape index (κ3) is 3.65. The molecule has 0 saturated carbocycles. The molecule has 29 heavy (non-hydrogen) atoms. The maximum Gasteiger partial charge on any atom is 0.269 e. The normalized spacial score (nSPS) is 13.4. The Balaban J connectivity index is 1.90. The molecule has 3 aromatic rings. The lowest BCUT2D eigenvalue weighted by Crippen LogP contribution is -2.26. The van der Waals surface area contributed by atoms with Gasteiger partial charge in [-0.25, -0.2) is 9.37 Å². The van der Waals surface area contributed by atoms with Crippen LogP contribution in [0.4, 0.5) is 4.39 Å². The zero-order valence-corrected chi connectivity index (χ0v) is 17.4. The fourth-order valence-corrected chi connectivity index (χ4v) is 3.72. The molecule has 1 aliphatic heterocycles. The molecule has 0 atom stereocenters. The first-order valence-electron chi connectivity index (χ1n) is 8.92. The lowest BCUT2D eigenvalue weighted by molar-refractivity contribution is 0.0577. The predicted octanol–water partition coefficient (Wildman–Crippen LogP) is 2.58. The average molecular weight is 464 g/mol. The molecule has 0 fully saturated rings. The van der Waals surface area contributed by atoms with Crippen LogP contribution in [-0.2, 0) is 13.1 Å². The van der Waals surface area contributed by atoms with Crippen LogP contribution in [0.2, 0.25) is 0 Å². The Hall–Kier alpha value is -2.72. The molecule has 0 bridgehead atoms. The van der Waals surface area contributed by atoms with Crippen LogP contribution < -0.4 is 10.5 Å². The second-order valence-corrected chi connectivity index (χ2v) is 8.35. The van der Waals surface area contributed by atoms with Crippen molar-refractivity contribution in [2.75, 3.05) is 6.61 Å². The van der Waals surface area contributed by atoms with Gasteiger partial charge in [-0.2, -0.15) is 5.10 Å². The van der Waals surface area contributed by atoms with Crippen molar-refractivity contribution in [1.82, 2.24) is 19.3 Å². The lowest BCUT2D eigenvalue weighted by Gasteiger charge is -2.16. The summed E-state index contributed by atoms with van der Waals surface area (Å²) in [6, 6.07) is 2.86. The van der Waals surface area contributed by atoms with Crippen LogP contribution in [-0.4, -0.2) is 42.6 Å². The molecule has 2 aromatic heterocycles. The molecule has 4 rings (SSSR count). The van der Waals surface area contributed by atoms with E-state index in [0.29, 0.717) is 34.9 Å². The number of nitrogens with zero attached hydrogens (tertiary/aromatic N) is 4. The smallest absolute Gasteiger partial charge is 0.269 e. The standard InChI is InChI=1S/C19H19BrFN5O3/c1-19(2,28)9-25-8-10(7-23-25)16-15(17(22)27)24-18-11-5-12(20)13(21)6-14(11)29-4-3-26(16)18/h5-8,28H,3-4,9H2,1-2H3,(H2,22,27). The predicted molar refractivity (Wildman–Crippen MR) is 107 cm³/mol. The molecule has 3 N–H and O–H groups in total. The summed E-state index contributed by atoms with van der Waals surface area (Å²) in [5.74, 6) is -0.335. The Morgan fingerprint density at radius 1 is 1.45 bits per heavy atom. The van der Waals surface area contributed by atoms with Crippen LogP contribution in [0.5, 0.6) is 5.75 Å². The van der Waals surface area contributed by atoms with E-state index in [2.05, 4.69) is 26.0 Å². The summed E-state index contributed by atoms with van der Waals surface area (Å²) in [5.41, 5.74) is 6.43. The molecular weight excluding hydrogens is 445 g/mol. The number of aromatic nitrogens is 4. The first-order chi connectivity index (χ1) is 13.6. The minimum Gasteiger partial charge on any atom is -0.491 e. The Morgan fingerprint density at radius 2 is 2.21 bits per heavy atom. The number of nitrogens with two attached hydrogens (primary N) is 1. The van der Waals surface area contributed by atoms with Gasteiger partial charge in [-0.1, -0.05) is 0 Å². The van der Waals surface area contributed by atoms with Gasteiger partial charge in [-0.15, -0.1) is 0 Å². The van der Waals surface area contributed by atoms with Crippen LogP contribution in [0.25, 0.3) is 22.6 Å². The van der Waals surface area contributed by atoms with Crippen LogP contribution in [0.1, 0.15) is 24.3 Å². The number of amides is 1. The van der Waals surface area contributed by atoms with Crippen molar-refractivity contribution in [2.24, 2.45) is 5.73 Å². The number of rotatable bonds is 4. The van der Waals surface area contributed by atoms with E-state index in [1.807, 2.05) is 4.57 Å². The van der Waals surface area contributed by atoms with Gasteiger partial charge in [-0.05, 0) is 35.8 Å². The Morgan fingerprint density at radius 3 is 2.90 bits per heavy atom. The lowest BCUT2D eigenvalue weighted by atomic mass is 10.1. The van der Waals surface area contributed by atoms with Crippen molar-refractivity contribution in [3.8, 4) is 28.4 Å². The van der Waals surface area contributed by atoms with Crippen molar-refractivity contribution < 1.29 is 19.0 Å². The molecule has 1 aromatic carbocycles. The number of carbonyl (C=O) groups excluding carboxylic acids is 1. The number of primary amides is 1. The number of hydrogen-bond acceptors (Lipinski definition) is 5. The molecule has 0 spiro atoms. The molecule has 3 heterocycles. The molecule has 1 amide bonds. The van der Waals surface area contributed by atoms with Crippen molar-refractivity contribution >= 4 is 21.8 Å². The fourth-order valence-electron chi connectivity index (χ4n) is 3.38. The number of halogens is 2. The fraction of sp³-hybridized carbons (Fsp3) is 0.316. The molecule has 0 unspecified atom stereocenters. The van der Waals surface area contributed by atoms with Gasteiger partial charge in [0, 0.05) is 17.8 Å². The Labute approximate surface area is 174 Å². The van der Waals surface area contributed by atoms with Gasteiger partial charge in [0.15, 0.2) is 5.69 Å². The van der Waals surface area contributed by atoms with Gasteiger partial charge in [0.1, 0.15) is 24.0 Å². The monoisotopic (exact) mass is 463 g/mol. The maximum absolute atomic E-state index is 14.0. The van der Waals surface area contributed by atoms with Gasteiger partial charge in [0.2, 0.25) is 0 Å². The first kappa shape index (κ1) is 19.6. The van der Waals surface area contributed by atoms with Crippen LogP contribution in [0, 0.1) is 5.82 Å². The minimum atomic E-state index is -0.951. The first-order valence-corrected chi connectivity index (χ1v) is 9.71. The molecule has 0 aliphatic carbocycles. The number of hydrogen-bond donors (Lipinski definition) is 2. The van der Waals surface area contributed by atoms with E-state index in [-0.39, 0.29) is 23.3 Å². The van der Waals surface area contributed by atoms with E-state index in [9.17, 15) is 14.3 Å². The van der Waals surface area contributed by atoms with E-state index < -0.39 is 17.3 Å². The number of benzene rings is 1. The van der Waals surface area contributed by atoms with E-state index in [1.54, 1.807) is 37.0 Å². The Bertz CT molecular complexity index is 1120. The number of imidazole rings is 1. The second-order valence-electron chi connectivity index (χ2n) is 7.50. The van der Waals surface area contributed by atoms with E-state index in [0.717, 1.165) is 0 Å². The summed E-state index contributed by atoms with van der Waals surface area (Å²) < 4.78 is 23.3. The average Bonchev–Trinajstić information content (AvgIpc) is 3.16. The molecule has 152 valence electrons. The third-order valence-electron chi connectivity index (χ3n) is 4.49. The van der Waals surface area contributed by atoms with Crippen LogP contribution in [0.3, 0.4) is 0 Å². The summed E-state index contributed by atoms with van der Waals surface area (Å²) in [7, 11) is 0. The highest BCUT2D eigenvalue weighted by atomic mass is 79.9. The number of aliphatic hydroxyl groups is 1. The van der Waals surface area contributed by atoms with E-state index >= 15 is 0 Å². The third-order valence-corrected chi connectivity index (χ3v) is 5.10.